The van der Waals surface area contributed by atoms with Crippen LogP contribution in [0.4, 0.5) is 0 Å². The summed E-state index contributed by atoms with van der Waals surface area (Å²) in [5.74, 6) is 0.579. The first-order valence-electron chi connectivity index (χ1n) is 10.1. The summed E-state index contributed by atoms with van der Waals surface area (Å²) in [6.45, 7) is 1.66. The molecule has 5 heteroatoms. The van der Waals surface area contributed by atoms with Crippen LogP contribution in [0.2, 0.25) is 0 Å². The molecule has 0 saturated heterocycles. The number of carbonyl (C=O) groups is 1. The molecule has 0 aliphatic heterocycles. The number of ether oxygens (including phenoxy) is 2. The average Bonchev–Trinajstić information content (AvgIpc) is 2.75. The number of benzene rings is 2. The molecule has 1 atom stereocenters. The Morgan fingerprint density at radius 2 is 1.79 bits per heavy atom. The second-order valence-corrected chi connectivity index (χ2v) is 7.46. The van der Waals surface area contributed by atoms with Gasteiger partial charge < -0.3 is 13.9 Å². The molecule has 0 N–H and O–H groups in total. The highest BCUT2D eigenvalue weighted by atomic mass is 16.6. The van der Waals surface area contributed by atoms with Gasteiger partial charge >= 0.3 is 5.97 Å². The molecule has 1 saturated carbocycles. The van der Waals surface area contributed by atoms with Gasteiger partial charge in [-0.05, 0) is 50.8 Å². The third kappa shape index (κ3) is 4.50. The monoisotopic (exact) mass is 392 g/mol. The number of fused-ring (bicyclic) bond motifs is 1. The Kier molecular flexibility index (Phi) is 5.65. The van der Waals surface area contributed by atoms with Crippen LogP contribution < -0.4 is 10.2 Å². The zero-order chi connectivity index (χ0) is 20.2. The van der Waals surface area contributed by atoms with Crippen molar-refractivity contribution in [1.29, 1.82) is 0 Å². The van der Waals surface area contributed by atoms with Crippen LogP contribution in [0.3, 0.4) is 0 Å². The van der Waals surface area contributed by atoms with Crippen molar-refractivity contribution in [3.63, 3.8) is 0 Å². The molecule has 3 aromatic rings. The van der Waals surface area contributed by atoms with Crippen LogP contribution in [0.1, 0.15) is 39.0 Å². The summed E-state index contributed by atoms with van der Waals surface area (Å²) >= 11 is 0. The summed E-state index contributed by atoms with van der Waals surface area (Å²) < 4.78 is 17.2. The number of carbonyl (C=O) groups excluding carboxylic acids is 1. The number of hydrogen-bond donors (Lipinski definition) is 0. The zero-order valence-electron chi connectivity index (χ0n) is 16.4. The van der Waals surface area contributed by atoms with Crippen LogP contribution >= 0.6 is 0 Å². The lowest BCUT2D eigenvalue weighted by atomic mass is 9.98. The van der Waals surface area contributed by atoms with E-state index < -0.39 is 6.10 Å². The van der Waals surface area contributed by atoms with E-state index in [0.29, 0.717) is 22.5 Å². The molecule has 4 rings (SSSR count). The predicted molar refractivity (Wildman–Crippen MR) is 111 cm³/mol. The lowest BCUT2D eigenvalue weighted by Crippen LogP contribution is -2.31. The molecule has 1 aliphatic carbocycles. The van der Waals surface area contributed by atoms with Crippen molar-refractivity contribution in [2.75, 3.05) is 0 Å². The minimum Gasteiger partial charge on any atom is -0.479 e. The third-order valence-corrected chi connectivity index (χ3v) is 5.24. The van der Waals surface area contributed by atoms with Crippen molar-refractivity contribution in [3.8, 4) is 17.1 Å². The van der Waals surface area contributed by atoms with Crippen molar-refractivity contribution in [3.05, 3.63) is 64.8 Å². The third-order valence-electron chi connectivity index (χ3n) is 5.24. The van der Waals surface area contributed by atoms with Crippen LogP contribution in [0, 0.1) is 0 Å². The Morgan fingerprint density at radius 3 is 2.55 bits per heavy atom. The summed E-state index contributed by atoms with van der Waals surface area (Å²) in [5.41, 5.74) is 1.15. The standard InChI is InChI=1S/C24H24O5/c1-16(24(26)28-18-10-6-3-7-11-18)27-19-12-13-22-20(14-19)21(25)15-23(29-22)17-8-4-2-5-9-17/h2,4-5,8-9,12-16,18H,3,6-7,10-11H2,1H3/t16-/m1/s1. The van der Waals surface area contributed by atoms with Gasteiger partial charge in [0.1, 0.15) is 23.2 Å². The van der Waals surface area contributed by atoms with Gasteiger partial charge in [-0.15, -0.1) is 0 Å². The molecule has 5 nitrogen and oxygen atoms in total. The van der Waals surface area contributed by atoms with Crippen LogP contribution in [0.5, 0.6) is 5.75 Å². The first kappa shape index (κ1) is 19.2. The minimum atomic E-state index is -0.745. The molecule has 1 aliphatic rings. The van der Waals surface area contributed by atoms with Crippen LogP contribution in [-0.2, 0) is 9.53 Å². The normalized spacial score (nSPS) is 15.8. The Labute approximate surface area is 169 Å². The maximum atomic E-state index is 12.6. The van der Waals surface area contributed by atoms with E-state index in [1.165, 1.54) is 12.5 Å². The molecule has 2 aromatic carbocycles. The van der Waals surface area contributed by atoms with Gasteiger partial charge in [0.25, 0.3) is 0 Å². The predicted octanol–water partition coefficient (Wildman–Crippen LogP) is 5.10. The van der Waals surface area contributed by atoms with Gasteiger partial charge in [-0.2, -0.15) is 0 Å². The summed E-state index contributed by atoms with van der Waals surface area (Å²) in [5, 5.41) is 0.412. The Hall–Kier alpha value is -3.08. The quantitative estimate of drug-likeness (QED) is 0.565. The van der Waals surface area contributed by atoms with E-state index in [0.717, 1.165) is 31.2 Å². The summed E-state index contributed by atoms with van der Waals surface area (Å²) in [6.07, 6.45) is 4.47. The van der Waals surface area contributed by atoms with Crippen molar-refractivity contribution in [2.45, 2.75) is 51.2 Å². The second kappa shape index (κ2) is 8.52. The summed E-state index contributed by atoms with van der Waals surface area (Å²) in [4.78, 5) is 24.9. The smallest absolute Gasteiger partial charge is 0.347 e. The van der Waals surface area contributed by atoms with Crippen LogP contribution in [-0.4, -0.2) is 18.2 Å². The molecule has 0 spiro atoms. The van der Waals surface area contributed by atoms with E-state index in [9.17, 15) is 9.59 Å². The maximum Gasteiger partial charge on any atom is 0.347 e. The van der Waals surface area contributed by atoms with Crippen LogP contribution in [0.25, 0.3) is 22.3 Å². The molecule has 0 bridgehead atoms. The molecule has 0 radical (unpaired) electrons. The van der Waals surface area contributed by atoms with E-state index in [1.54, 1.807) is 25.1 Å². The van der Waals surface area contributed by atoms with Crippen molar-refractivity contribution >= 4 is 16.9 Å². The zero-order valence-corrected chi connectivity index (χ0v) is 16.4. The highest BCUT2D eigenvalue weighted by molar-refractivity contribution is 5.80. The van der Waals surface area contributed by atoms with Gasteiger partial charge in [-0.1, -0.05) is 36.8 Å². The molecular weight excluding hydrogens is 368 g/mol. The topological polar surface area (TPSA) is 65.7 Å². The number of rotatable bonds is 5. The maximum absolute atomic E-state index is 12.6. The molecular formula is C24H24O5. The van der Waals surface area contributed by atoms with E-state index in [2.05, 4.69) is 0 Å². The molecule has 0 unspecified atom stereocenters. The molecule has 1 heterocycles. The molecule has 0 amide bonds. The Balaban J connectivity index is 1.50. The number of esters is 1. The molecule has 1 fully saturated rings. The fraction of sp³-hybridized carbons (Fsp3) is 0.333. The SMILES string of the molecule is C[C@@H](Oc1ccc2oc(-c3ccccc3)cc(=O)c2c1)C(=O)OC1CCCCC1. The van der Waals surface area contributed by atoms with Gasteiger partial charge in [0.15, 0.2) is 11.5 Å². The van der Waals surface area contributed by atoms with E-state index in [4.69, 9.17) is 13.9 Å². The Morgan fingerprint density at radius 1 is 1.03 bits per heavy atom. The first-order valence-corrected chi connectivity index (χ1v) is 10.1. The second-order valence-electron chi connectivity index (χ2n) is 7.46. The lowest BCUT2D eigenvalue weighted by molar-refractivity contribution is -0.158. The van der Waals surface area contributed by atoms with E-state index >= 15 is 0 Å². The first-order chi connectivity index (χ1) is 14.1. The highest BCUT2D eigenvalue weighted by Gasteiger charge is 2.23. The molecule has 29 heavy (non-hydrogen) atoms. The van der Waals surface area contributed by atoms with E-state index in [-0.39, 0.29) is 17.5 Å². The lowest BCUT2D eigenvalue weighted by Gasteiger charge is -2.23. The van der Waals surface area contributed by atoms with Gasteiger partial charge in [0.05, 0.1) is 5.39 Å². The van der Waals surface area contributed by atoms with Crippen molar-refractivity contribution in [1.82, 2.24) is 0 Å². The van der Waals surface area contributed by atoms with Gasteiger partial charge in [-0.3, -0.25) is 4.79 Å². The minimum absolute atomic E-state index is 0.0117. The van der Waals surface area contributed by atoms with Crippen LogP contribution in [0.15, 0.2) is 63.8 Å². The average molecular weight is 392 g/mol. The fourth-order valence-corrected chi connectivity index (χ4v) is 3.65. The van der Waals surface area contributed by atoms with Crippen molar-refractivity contribution in [2.24, 2.45) is 0 Å². The Bertz CT molecular complexity index is 1050. The van der Waals surface area contributed by atoms with Gasteiger partial charge in [-0.25, -0.2) is 4.79 Å². The van der Waals surface area contributed by atoms with E-state index in [1.807, 2.05) is 30.3 Å². The van der Waals surface area contributed by atoms with Crippen molar-refractivity contribution < 1.29 is 18.7 Å². The fourth-order valence-electron chi connectivity index (χ4n) is 3.65. The largest absolute Gasteiger partial charge is 0.479 e. The highest BCUT2D eigenvalue weighted by Crippen LogP contribution is 2.25. The van der Waals surface area contributed by atoms with Gasteiger partial charge in [0, 0.05) is 11.6 Å². The van der Waals surface area contributed by atoms with Gasteiger partial charge in [0.2, 0.25) is 0 Å². The molecule has 150 valence electrons. The number of hydrogen-bond acceptors (Lipinski definition) is 5. The summed E-state index contributed by atoms with van der Waals surface area (Å²) in [7, 11) is 0. The molecule has 1 aromatic heterocycles. The summed E-state index contributed by atoms with van der Waals surface area (Å²) in [6, 6.07) is 16.0.